The molecule has 2 N–H and O–H groups in total. The molecule has 20 heavy (non-hydrogen) atoms. The van der Waals surface area contributed by atoms with E-state index in [1.165, 1.54) is 0 Å². The predicted octanol–water partition coefficient (Wildman–Crippen LogP) is 2.17. The third-order valence-electron chi connectivity index (χ3n) is 4.81. The minimum absolute atomic E-state index is 0.0544. The fourth-order valence-corrected chi connectivity index (χ4v) is 3.51. The highest BCUT2D eigenvalue weighted by atomic mass is 19.4. The first-order valence-corrected chi connectivity index (χ1v) is 7.49. The van der Waals surface area contributed by atoms with Crippen LogP contribution in [0.1, 0.15) is 38.5 Å². The Labute approximate surface area is 117 Å². The normalized spacial score (nSPS) is 37.0. The standard InChI is InChI=1S/C14H24F3NO2/c15-14(16,17)11-3-1-10(2-4-11)7-18-8-13(20)6-5-12(18)9-19/h10-13,19-20H,1-9H2/t10?,11?,12-,13-/m1/s1. The summed E-state index contributed by atoms with van der Waals surface area (Å²) < 4.78 is 37.9. The Morgan fingerprint density at radius 2 is 1.65 bits per heavy atom. The van der Waals surface area contributed by atoms with E-state index in [2.05, 4.69) is 4.90 Å². The molecule has 1 saturated heterocycles. The zero-order valence-corrected chi connectivity index (χ0v) is 11.6. The van der Waals surface area contributed by atoms with Gasteiger partial charge < -0.3 is 10.2 Å². The molecule has 0 aromatic carbocycles. The number of hydrogen-bond acceptors (Lipinski definition) is 3. The van der Waals surface area contributed by atoms with E-state index in [0.29, 0.717) is 32.4 Å². The van der Waals surface area contributed by atoms with Gasteiger partial charge in [0.15, 0.2) is 0 Å². The largest absolute Gasteiger partial charge is 0.395 e. The first-order valence-electron chi connectivity index (χ1n) is 7.49. The van der Waals surface area contributed by atoms with Crippen molar-refractivity contribution in [1.29, 1.82) is 0 Å². The molecule has 118 valence electrons. The van der Waals surface area contributed by atoms with Crippen LogP contribution in [0.2, 0.25) is 0 Å². The fraction of sp³-hybridized carbons (Fsp3) is 1.00. The van der Waals surface area contributed by atoms with E-state index in [0.717, 1.165) is 6.42 Å². The molecular weight excluding hydrogens is 271 g/mol. The lowest BCUT2D eigenvalue weighted by Gasteiger charge is -2.40. The summed E-state index contributed by atoms with van der Waals surface area (Å²) >= 11 is 0. The lowest BCUT2D eigenvalue weighted by Crippen LogP contribution is -2.49. The molecule has 0 spiro atoms. The smallest absolute Gasteiger partial charge is 0.391 e. The van der Waals surface area contributed by atoms with Gasteiger partial charge in [-0.05, 0) is 44.4 Å². The van der Waals surface area contributed by atoms with E-state index in [1.807, 2.05) is 0 Å². The van der Waals surface area contributed by atoms with Crippen LogP contribution in [0.25, 0.3) is 0 Å². The maximum atomic E-state index is 12.6. The summed E-state index contributed by atoms with van der Waals surface area (Å²) in [4.78, 5) is 2.06. The van der Waals surface area contributed by atoms with Gasteiger partial charge in [-0.25, -0.2) is 0 Å². The molecule has 2 atom stereocenters. The van der Waals surface area contributed by atoms with Crippen LogP contribution in [0, 0.1) is 11.8 Å². The van der Waals surface area contributed by atoms with Crippen LogP contribution in [0.15, 0.2) is 0 Å². The van der Waals surface area contributed by atoms with Crippen molar-refractivity contribution in [2.45, 2.75) is 56.8 Å². The third-order valence-corrected chi connectivity index (χ3v) is 4.81. The van der Waals surface area contributed by atoms with E-state index in [4.69, 9.17) is 0 Å². The number of aliphatic hydroxyl groups excluding tert-OH is 2. The van der Waals surface area contributed by atoms with Gasteiger partial charge in [-0.15, -0.1) is 0 Å². The molecule has 2 aliphatic rings. The van der Waals surface area contributed by atoms with Crippen molar-refractivity contribution in [2.75, 3.05) is 19.7 Å². The zero-order chi connectivity index (χ0) is 14.8. The molecule has 0 amide bonds. The molecule has 0 bridgehead atoms. The van der Waals surface area contributed by atoms with Crippen molar-refractivity contribution in [1.82, 2.24) is 4.90 Å². The molecule has 2 rings (SSSR count). The summed E-state index contributed by atoms with van der Waals surface area (Å²) in [5, 5.41) is 19.1. The molecule has 1 aliphatic carbocycles. The molecule has 0 aromatic rings. The highest BCUT2D eigenvalue weighted by Gasteiger charge is 2.41. The zero-order valence-electron chi connectivity index (χ0n) is 11.6. The average molecular weight is 295 g/mol. The van der Waals surface area contributed by atoms with Gasteiger partial charge >= 0.3 is 6.18 Å². The monoisotopic (exact) mass is 295 g/mol. The summed E-state index contributed by atoms with van der Waals surface area (Å²) in [5.41, 5.74) is 0. The molecule has 0 unspecified atom stereocenters. The Kier molecular flexibility index (Phi) is 5.31. The number of alkyl halides is 3. The third kappa shape index (κ3) is 4.09. The van der Waals surface area contributed by atoms with Crippen molar-refractivity contribution in [2.24, 2.45) is 11.8 Å². The summed E-state index contributed by atoms with van der Waals surface area (Å²) in [6, 6.07) is 0.0544. The molecule has 3 nitrogen and oxygen atoms in total. The highest BCUT2D eigenvalue weighted by molar-refractivity contribution is 4.85. The Hall–Kier alpha value is -0.330. The van der Waals surface area contributed by atoms with Gasteiger partial charge in [-0.3, -0.25) is 4.90 Å². The second-order valence-corrected chi connectivity index (χ2v) is 6.28. The SMILES string of the molecule is OC[C@H]1CC[C@@H](O)CN1CC1CCC(C(F)(F)F)CC1. The van der Waals surface area contributed by atoms with Gasteiger partial charge in [0.25, 0.3) is 0 Å². The number of β-amino-alcohol motifs (C(OH)–C–C–N with tert-alkyl or cyclic N) is 1. The molecule has 1 aliphatic heterocycles. The van der Waals surface area contributed by atoms with Crippen molar-refractivity contribution in [3.05, 3.63) is 0 Å². The molecule has 0 aromatic heterocycles. The number of piperidine rings is 1. The minimum atomic E-state index is -4.06. The summed E-state index contributed by atoms with van der Waals surface area (Å²) in [6.45, 7) is 1.29. The van der Waals surface area contributed by atoms with Crippen LogP contribution in [0.3, 0.4) is 0 Å². The quantitative estimate of drug-likeness (QED) is 0.838. The molecule has 1 heterocycles. The number of rotatable bonds is 3. The van der Waals surface area contributed by atoms with E-state index < -0.39 is 12.1 Å². The molecule has 6 heteroatoms. The van der Waals surface area contributed by atoms with Crippen LogP contribution in [0.4, 0.5) is 13.2 Å². The number of hydrogen-bond donors (Lipinski definition) is 2. The maximum absolute atomic E-state index is 12.6. The Bertz CT molecular complexity index is 303. The van der Waals surface area contributed by atoms with Crippen molar-refractivity contribution >= 4 is 0 Å². The van der Waals surface area contributed by atoms with Gasteiger partial charge in [0.2, 0.25) is 0 Å². The molecule has 2 fully saturated rings. The Morgan fingerprint density at radius 3 is 2.20 bits per heavy atom. The summed E-state index contributed by atoms with van der Waals surface area (Å²) in [6.07, 6.45) is -1.35. The van der Waals surface area contributed by atoms with E-state index >= 15 is 0 Å². The average Bonchev–Trinajstić information content (AvgIpc) is 2.38. The second kappa shape index (κ2) is 6.62. The van der Waals surface area contributed by atoms with Crippen LogP contribution < -0.4 is 0 Å². The van der Waals surface area contributed by atoms with Gasteiger partial charge in [0.05, 0.1) is 18.6 Å². The van der Waals surface area contributed by atoms with Crippen LogP contribution >= 0.6 is 0 Å². The lowest BCUT2D eigenvalue weighted by atomic mass is 9.81. The van der Waals surface area contributed by atoms with Crippen molar-refractivity contribution in [3.63, 3.8) is 0 Å². The van der Waals surface area contributed by atoms with Crippen LogP contribution in [-0.2, 0) is 0 Å². The van der Waals surface area contributed by atoms with Crippen molar-refractivity contribution < 1.29 is 23.4 Å². The lowest BCUT2D eigenvalue weighted by molar-refractivity contribution is -0.184. The highest BCUT2D eigenvalue weighted by Crippen LogP contribution is 2.40. The number of nitrogens with zero attached hydrogens (tertiary/aromatic N) is 1. The van der Waals surface area contributed by atoms with Crippen molar-refractivity contribution in [3.8, 4) is 0 Å². The second-order valence-electron chi connectivity index (χ2n) is 6.28. The Morgan fingerprint density at radius 1 is 1.00 bits per heavy atom. The Balaban J connectivity index is 1.82. The first-order chi connectivity index (χ1) is 9.40. The van der Waals surface area contributed by atoms with E-state index in [9.17, 15) is 23.4 Å². The number of aliphatic hydroxyl groups is 2. The number of likely N-dealkylation sites (tertiary alicyclic amines) is 1. The summed E-state index contributed by atoms with van der Waals surface area (Å²) in [7, 11) is 0. The topological polar surface area (TPSA) is 43.7 Å². The molecule has 0 radical (unpaired) electrons. The summed E-state index contributed by atoms with van der Waals surface area (Å²) in [5.74, 6) is -0.882. The fourth-order valence-electron chi connectivity index (χ4n) is 3.51. The van der Waals surface area contributed by atoms with Gasteiger partial charge in [0.1, 0.15) is 0 Å². The van der Waals surface area contributed by atoms with Gasteiger partial charge in [-0.2, -0.15) is 13.2 Å². The first kappa shape index (κ1) is 16.0. The number of halogens is 3. The maximum Gasteiger partial charge on any atom is 0.391 e. The van der Waals surface area contributed by atoms with Gasteiger partial charge in [-0.1, -0.05) is 0 Å². The van der Waals surface area contributed by atoms with E-state index in [1.54, 1.807) is 0 Å². The van der Waals surface area contributed by atoms with E-state index in [-0.39, 0.29) is 37.5 Å². The molecular formula is C14H24F3NO2. The predicted molar refractivity (Wildman–Crippen MR) is 69.2 cm³/mol. The molecule has 1 saturated carbocycles. The van der Waals surface area contributed by atoms with Crippen LogP contribution in [-0.4, -0.2) is 53.1 Å². The van der Waals surface area contributed by atoms with Gasteiger partial charge in [0, 0.05) is 19.1 Å². The minimum Gasteiger partial charge on any atom is -0.395 e. The van der Waals surface area contributed by atoms with Crippen LogP contribution in [0.5, 0.6) is 0 Å².